The van der Waals surface area contributed by atoms with E-state index in [4.69, 9.17) is 0 Å². The van der Waals surface area contributed by atoms with Crippen LogP contribution in [0.3, 0.4) is 0 Å². The maximum Gasteiger partial charge on any atom is 0.225 e. The van der Waals surface area contributed by atoms with E-state index in [1.165, 1.54) is 38.5 Å². The summed E-state index contributed by atoms with van der Waals surface area (Å²) < 4.78 is 0. The number of carbonyl (C=O) groups is 1. The molecule has 0 bridgehead atoms. The van der Waals surface area contributed by atoms with Crippen molar-refractivity contribution in [1.29, 1.82) is 0 Å². The van der Waals surface area contributed by atoms with Gasteiger partial charge in [-0.15, -0.1) is 12.4 Å². The van der Waals surface area contributed by atoms with Gasteiger partial charge in [0.15, 0.2) is 0 Å². The first-order valence-corrected chi connectivity index (χ1v) is 8.68. The Hall–Kier alpha value is -0.280. The Balaban J connectivity index is 0.00000220. The van der Waals surface area contributed by atoms with Gasteiger partial charge in [-0.1, -0.05) is 39.0 Å². The van der Waals surface area contributed by atoms with Crippen molar-refractivity contribution in [2.75, 3.05) is 26.7 Å². The molecule has 3 nitrogen and oxygen atoms in total. The number of amides is 1. The molecule has 2 rings (SSSR count). The Morgan fingerprint density at radius 2 is 1.90 bits per heavy atom. The van der Waals surface area contributed by atoms with Crippen molar-refractivity contribution >= 4 is 18.3 Å². The van der Waals surface area contributed by atoms with Gasteiger partial charge in [0.25, 0.3) is 0 Å². The number of likely N-dealkylation sites (tertiary alicyclic amines) is 1. The minimum atomic E-state index is 0. The van der Waals surface area contributed by atoms with Crippen LogP contribution in [-0.4, -0.2) is 37.5 Å². The second-order valence-electron chi connectivity index (χ2n) is 6.84. The zero-order valence-electron chi connectivity index (χ0n) is 13.8. The Morgan fingerprint density at radius 3 is 2.52 bits per heavy atom. The molecule has 2 unspecified atom stereocenters. The molecular weight excluding hydrogens is 284 g/mol. The lowest BCUT2D eigenvalue weighted by atomic mass is 9.81. The highest BCUT2D eigenvalue weighted by molar-refractivity contribution is 5.85. The number of carbonyl (C=O) groups excluding carboxylic acids is 1. The van der Waals surface area contributed by atoms with Gasteiger partial charge in [-0.2, -0.15) is 0 Å². The lowest BCUT2D eigenvalue weighted by molar-refractivity contribution is -0.135. The van der Waals surface area contributed by atoms with Gasteiger partial charge in [-0.05, 0) is 44.7 Å². The Kier molecular flexibility index (Phi) is 8.65. The molecule has 1 N–H and O–H groups in total. The number of hydrogen-bond acceptors (Lipinski definition) is 2. The maximum atomic E-state index is 12.7. The van der Waals surface area contributed by atoms with Crippen LogP contribution in [0.4, 0.5) is 0 Å². The molecular formula is C17H33ClN2O. The van der Waals surface area contributed by atoms with E-state index in [0.29, 0.717) is 11.8 Å². The number of nitrogens with zero attached hydrogens (tertiary/aromatic N) is 1. The summed E-state index contributed by atoms with van der Waals surface area (Å²) in [6.07, 6.45) is 10.2. The van der Waals surface area contributed by atoms with Crippen LogP contribution in [0.25, 0.3) is 0 Å². The van der Waals surface area contributed by atoms with E-state index < -0.39 is 0 Å². The molecule has 1 aliphatic carbocycles. The first-order valence-electron chi connectivity index (χ1n) is 8.68. The first kappa shape index (κ1) is 18.8. The smallest absolute Gasteiger partial charge is 0.225 e. The van der Waals surface area contributed by atoms with Crippen molar-refractivity contribution in [1.82, 2.24) is 10.2 Å². The van der Waals surface area contributed by atoms with E-state index >= 15 is 0 Å². The molecule has 0 aromatic heterocycles. The highest BCUT2D eigenvalue weighted by Crippen LogP contribution is 2.31. The van der Waals surface area contributed by atoms with Gasteiger partial charge >= 0.3 is 0 Å². The Morgan fingerprint density at radius 1 is 1.19 bits per heavy atom. The maximum absolute atomic E-state index is 12.7. The lowest BCUT2D eigenvalue weighted by Crippen LogP contribution is -2.36. The summed E-state index contributed by atoms with van der Waals surface area (Å²) in [5, 5.41) is 3.24. The van der Waals surface area contributed by atoms with Gasteiger partial charge in [0.1, 0.15) is 0 Å². The summed E-state index contributed by atoms with van der Waals surface area (Å²) in [6.45, 7) is 5.18. The van der Waals surface area contributed by atoms with Gasteiger partial charge in [-0.3, -0.25) is 4.79 Å². The predicted octanol–water partition coefficient (Wildman–Crippen LogP) is 3.47. The molecule has 0 spiro atoms. The summed E-state index contributed by atoms with van der Waals surface area (Å²) in [5.41, 5.74) is 0. The van der Waals surface area contributed by atoms with Crippen molar-refractivity contribution in [2.24, 2.45) is 17.8 Å². The monoisotopic (exact) mass is 316 g/mol. The van der Waals surface area contributed by atoms with Crippen LogP contribution in [0.15, 0.2) is 0 Å². The molecule has 4 heteroatoms. The van der Waals surface area contributed by atoms with Crippen LogP contribution in [0, 0.1) is 17.8 Å². The van der Waals surface area contributed by atoms with E-state index in [1.54, 1.807) is 0 Å². The third-order valence-corrected chi connectivity index (χ3v) is 5.27. The van der Waals surface area contributed by atoms with Crippen LogP contribution < -0.4 is 5.32 Å². The number of rotatable bonds is 6. The third kappa shape index (κ3) is 5.45. The zero-order valence-corrected chi connectivity index (χ0v) is 14.6. The zero-order chi connectivity index (χ0) is 14.4. The highest BCUT2D eigenvalue weighted by atomic mass is 35.5. The molecule has 1 amide bonds. The van der Waals surface area contributed by atoms with Crippen molar-refractivity contribution in [2.45, 2.75) is 58.3 Å². The standard InChI is InChI=1S/C17H32N2O.ClH/c1-3-16(11-14-7-5-4-6-8-14)17(20)19-10-9-15(13-19)12-18-2;/h14-16,18H,3-13H2,1-2H3;1H. The fourth-order valence-electron chi connectivity index (χ4n) is 4.01. The van der Waals surface area contributed by atoms with Gasteiger partial charge in [0.05, 0.1) is 0 Å². The van der Waals surface area contributed by atoms with Crippen molar-refractivity contribution in [3.05, 3.63) is 0 Å². The summed E-state index contributed by atoms with van der Waals surface area (Å²) in [4.78, 5) is 14.8. The Labute approximate surface area is 136 Å². The van der Waals surface area contributed by atoms with Crippen molar-refractivity contribution < 1.29 is 4.79 Å². The molecule has 1 saturated carbocycles. The topological polar surface area (TPSA) is 32.3 Å². The van der Waals surface area contributed by atoms with Gasteiger partial charge in [0, 0.05) is 19.0 Å². The van der Waals surface area contributed by atoms with Gasteiger partial charge in [0.2, 0.25) is 5.91 Å². The van der Waals surface area contributed by atoms with Gasteiger partial charge in [-0.25, -0.2) is 0 Å². The lowest BCUT2D eigenvalue weighted by Gasteiger charge is -2.28. The largest absolute Gasteiger partial charge is 0.342 e. The molecule has 124 valence electrons. The van der Waals surface area contributed by atoms with Crippen LogP contribution in [0.2, 0.25) is 0 Å². The summed E-state index contributed by atoms with van der Waals surface area (Å²) in [5.74, 6) is 2.20. The van der Waals surface area contributed by atoms with Crippen molar-refractivity contribution in [3.8, 4) is 0 Å². The average molecular weight is 317 g/mol. The fourth-order valence-corrected chi connectivity index (χ4v) is 4.01. The minimum absolute atomic E-state index is 0. The molecule has 2 aliphatic rings. The third-order valence-electron chi connectivity index (χ3n) is 5.27. The molecule has 1 heterocycles. The average Bonchev–Trinajstić information content (AvgIpc) is 2.94. The van der Waals surface area contributed by atoms with Crippen molar-refractivity contribution in [3.63, 3.8) is 0 Å². The van der Waals surface area contributed by atoms with Gasteiger partial charge < -0.3 is 10.2 Å². The SMILES string of the molecule is CCC(CC1CCCCC1)C(=O)N1CCC(CNC)C1.Cl. The summed E-state index contributed by atoms with van der Waals surface area (Å²) >= 11 is 0. The molecule has 0 aromatic rings. The van der Waals surface area contributed by atoms with E-state index in [9.17, 15) is 4.79 Å². The molecule has 0 radical (unpaired) electrons. The molecule has 2 atom stereocenters. The van der Waals surface area contributed by atoms with E-state index in [2.05, 4.69) is 17.1 Å². The quantitative estimate of drug-likeness (QED) is 0.813. The van der Waals surface area contributed by atoms with E-state index in [0.717, 1.165) is 38.4 Å². The normalized spacial score (nSPS) is 24.7. The Bertz CT molecular complexity index is 305. The van der Waals surface area contributed by atoms with Crippen LogP contribution >= 0.6 is 12.4 Å². The molecule has 1 aliphatic heterocycles. The number of nitrogens with one attached hydrogen (secondary N) is 1. The van der Waals surface area contributed by atoms with Crippen LogP contribution in [0.1, 0.15) is 58.3 Å². The van der Waals surface area contributed by atoms with E-state index in [1.807, 2.05) is 7.05 Å². The second kappa shape index (κ2) is 9.68. The number of hydrogen-bond donors (Lipinski definition) is 1. The minimum Gasteiger partial charge on any atom is -0.342 e. The molecule has 1 saturated heterocycles. The molecule has 2 fully saturated rings. The van der Waals surface area contributed by atoms with Crippen LogP contribution in [0.5, 0.6) is 0 Å². The molecule has 0 aromatic carbocycles. The first-order chi connectivity index (χ1) is 9.74. The molecule has 21 heavy (non-hydrogen) atoms. The second-order valence-corrected chi connectivity index (χ2v) is 6.84. The van der Waals surface area contributed by atoms with Crippen LogP contribution in [-0.2, 0) is 4.79 Å². The summed E-state index contributed by atoms with van der Waals surface area (Å²) in [6, 6.07) is 0. The number of halogens is 1. The predicted molar refractivity (Wildman–Crippen MR) is 90.8 cm³/mol. The highest BCUT2D eigenvalue weighted by Gasteiger charge is 2.31. The fraction of sp³-hybridized carbons (Fsp3) is 0.941. The summed E-state index contributed by atoms with van der Waals surface area (Å²) in [7, 11) is 2.00. The van der Waals surface area contributed by atoms with E-state index in [-0.39, 0.29) is 18.3 Å².